The van der Waals surface area contributed by atoms with Crippen LogP contribution in [0.1, 0.15) is 38.3 Å². The highest BCUT2D eigenvalue weighted by Gasteiger charge is 2.63. The van der Waals surface area contributed by atoms with Gasteiger partial charge in [-0.3, -0.25) is 4.79 Å². The SMILES string of the molecule is CCOC1CC(N)(C(=O)N2CCc3c(Cl)cccc3C2)C1(C)C. The predicted octanol–water partition coefficient (Wildman–Crippen LogP) is 2.76. The van der Waals surface area contributed by atoms with Crippen molar-refractivity contribution < 1.29 is 9.53 Å². The van der Waals surface area contributed by atoms with Crippen LogP contribution in [-0.2, 0) is 22.5 Å². The number of carbonyl (C=O) groups excluding carboxylic acids is 1. The van der Waals surface area contributed by atoms with Gasteiger partial charge in [-0.2, -0.15) is 0 Å². The Balaban J connectivity index is 1.78. The molecular formula is C18H25ClN2O2. The summed E-state index contributed by atoms with van der Waals surface area (Å²) in [6, 6.07) is 5.88. The van der Waals surface area contributed by atoms with Gasteiger partial charge in [0, 0.05) is 36.6 Å². The Kier molecular flexibility index (Phi) is 4.20. The first-order chi connectivity index (χ1) is 10.8. The van der Waals surface area contributed by atoms with Crippen molar-refractivity contribution in [1.82, 2.24) is 4.90 Å². The van der Waals surface area contributed by atoms with E-state index in [1.807, 2.05) is 43.9 Å². The molecule has 2 N–H and O–H groups in total. The van der Waals surface area contributed by atoms with E-state index in [0.29, 0.717) is 26.1 Å². The van der Waals surface area contributed by atoms with E-state index >= 15 is 0 Å². The van der Waals surface area contributed by atoms with Crippen LogP contribution in [0.25, 0.3) is 0 Å². The molecule has 126 valence electrons. The molecule has 1 aliphatic heterocycles. The molecule has 0 radical (unpaired) electrons. The number of ether oxygens (including phenoxy) is 1. The molecule has 1 amide bonds. The summed E-state index contributed by atoms with van der Waals surface area (Å²) in [6.07, 6.45) is 1.42. The molecule has 1 aliphatic carbocycles. The van der Waals surface area contributed by atoms with Crippen LogP contribution < -0.4 is 5.73 Å². The third kappa shape index (κ3) is 2.48. The van der Waals surface area contributed by atoms with E-state index in [-0.39, 0.29) is 17.4 Å². The lowest BCUT2D eigenvalue weighted by Crippen LogP contribution is -2.76. The number of halogens is 1. The molecule has 0 spiro atoms. The van der Waals surface area contributed by atoms with Crippen LogP contribution in [0.4, 0.5) is 0 Å². The number of carbonyl (C=O) groups is 1. The van der Waals surface area contributed by atoms with Crippen molar-refractivity contribution >= 4 is 17.5 Å². The molecule has 23 heavy (non-hydrogen) atoms. The molecule has 0 aromatic heterocycles. The van der Waals surface area contributed by atoms with E-state index in [1.165, 1.54) is 0 Å². The summed E-state index contributed by atoms with van der Waals surface area (Å²) in [6.45, 7) is 7.94. The fourth-order valence-corrected chi connectivity index (χ4v) is 4.11. The van der Waals surface area contributed by atoms with E-state index in [0.717, 1.165) is 22.6 Å². The fourth-order valence-electron chi connectivity index (χ4n) is 3.82. The average molecular weight is 337 g/mol. The maximum Gasteiger partial charge on any atom is 0.243 e. The summed E-state index contributed by atoms with van der Waals surface area (Å²) in [5.74, 6) is 0.0316. The Morgan fingerprint density at radius 3 is 2.87 bits per heavy atom. The molecule has 1 fully saturated rings. The zero-order chi connectivity index (χ0) is 16.8. The van der Waals surface area contributed by atoms with Gasteiger partial charge >= 0.3 is 0 Å². The molecule has 2 atom stereocenters. The summed E-state index contributed by atoms with van der Waals surface area (Å²) in [7, 11) is 0. The second-order valence-corrected chi connectivity index (χ2v) is 7.60. The van der Waals surface area contributed by atoms with Gasteiger partial charge in [-0.25, -0.2) is 0 Å². The van der Waals surface area contributed by atoms with E-state index in [4.69, 9.17) is 22.1 Å². The molecule has 5 heteroatoms. The standard InChI is InChI=1S/C18H25ClN2O2/c1-4-23-15-10-18(20,17(15,2)3)16(22)21-9-8-13-12(11-21)6-5-7-14(13)19/h5-7,15H,4,8-11,20H2,1-3H3. The van der Waals surface area contributed by atoms with Gasteiger partial charge in [0.15, 0.2) is 0 Å². The van der Waals surface area contributed by atoms with Gasteiger partial charge in [-0.15, -0.1) is 0 Å². The van der Waals surface area contributed by atoms with Gasteiger partial charge in [0.2, 0.25) is 5.91 Å². The lowest BCUT2D eigenvalue weighted by molar-refractivity contribution is -0.180. The van der Waals surface area contributed by atoms with Crippen molar-refractivity contribution in [2.24, 2.45) is 11.1 Å². The van der Waals surface area contributed by atoms with Crippen LogP contribution in [0.15, 0.2) is 18.2 Å². The number of amides is 1. The second kappa shape index (κ2) is 5.76. The highest BCUT2D eigenvalue weighted by Crippen LogP contribution is 2.50. The number of hydrogen-bond acceptors (Lipinski definition) is 3. The van der Waals surface area contributed by atoms with E-state index < -0.39 is 5.54 Å². The molecule has 1 saturated carbocycles. The smallest absolute Gasteiger partial charge is 0.243 e. The Labute approximate surface area is 142 Å². The Morgan fingerprint density at radius 2 is 2.22 bits per heavy atom. The molecule has 2 unspecified atom stereocenters. The fraction of sp³-hybridized carbons (Fsp3) is 0.611. The number of hydrogen-bond donors (Lipinski definition) is 1. The monoisotopic (exact) mass is 336 g/mol. The minimum absolute atomic E-state index is 0.0316. The van der Waals surface area contributed by atoms with Crippen LogP contribution >= 0.6 is 11.6 Å². The topological polar surface area (TPSA) is 55.6 Å². The molecular weight excluding hydrogens is 312 g/mol. The molecule has 4 nitrogen and oxygen atoms in total. The summed E-state index contributed by atoms with van der Waals surface area (Å²) in [5, 5.41) is 0.789. The molecule has 0 saturated heterocycles. The number of nitrogens with two attached hydrogens (primary N) is 1. The van der Waals surface area contributed by atoms with Gasteiger partial charge in [-0.05, 0) is 30.5 Å². The van der Waals surface area contributed by atoms with Crippen molar-refractivity contribution in [2.75, 3.05) is 13.2 Å². The number of benzene rings is 1. The average Bonchev–Trinajstić information content (AvgIpc) is 2.53. The third-order valence-corrected chi connectivity index (χ3v) is 6.06. The Hall–Kier alpha value is -1.10. The summed E-state index contributed by atoms with van der Waals surface area (Å²) < 4.78 is 5.73. The molecule has 1 aromatic rings. The number of rotatable bonds is 3. The van der Waals surface area contributed by atoms with E-state index in [2.05, 4.69) is 0 Å². The first kappa shape index (κ1) is 16.7. The van der Waals surface area contributed by atoms with Gasteiger partial charge < -0.3 is 15.4 Å². The first-order valence-corrected chi connectivity index (χ1v) is 8.65. The van der Waals surface area contributed by atoms with Crippen molar-refractivity contribution in [3.05, 3.63) is 34.3 Å². The molecule has 3 rings (SSSR count). The summed E-state index contributed by atoms with van der Waals surface area (Å²) in [5.41, 5.74) is 7.61. The lowest BCUT2D eigenvalue weighted by atomic mass is 9.54. The summed E-state index contributed by atoms with van der Waals surface area (Å²) in [4.78, 5) is 15.0. The molecule has 0 bridgehead atoms. The van der Waals surface area contributed by atoms with Crippen LogP contribution in [-0.4, -0.2) is 35.6 Å². The van der Waals surface area contributed by atoms with Crippen LogP contribution in [0.5, 0.6) is 0 Å². The van der Waals surface area contributed by atoms with Gasteiger partial charge in [0.1, 0.15) is 5.54 Å². The third-order valence-electron chi connectivity index (χ3n) is 5.71. The highest BCUT2D eigenvalue weighted by atomic mass is 35.5. The number of fused-ring (bicyclic) bond motifs is 1. The van der Waals surface area contributed by atoms with Crippen molar-refractivity contribution in [3.8, 4) is 0 Å². The van der Waals surface area contributed by atoms with Crippen LogP contribution in [0.3, 0.4) is 0 Å². The number of nitrogens with zero attached hydrogens (tertiary/aromatic N) is 1. The lowest BCUT2D eigenvalue weighted by Gasteiger charge is -2.58. The van der Waals surface area contributed by atoms with E-state index in [1.54, 1.807) is 0 Å². The van der Waals surface area contributed by atoms with Crippen molar-refractivity contribution in [1.29, 1.82) is 0 Å². The largest absolute Gasteiger partial charge is 0.378 e. The summed E-state index contributed by atoms with van der Waals surface area (Å²) >= 11 is 6.25. The van der Waals surface area contributed by atoms with Gasteiger partial charge in [-0.1, -0.05) is 37.6 Å². The Bertz CT molecular complexity index is 631. The maximum atomic E-state index is 13.1. The van der Waals surface area contributed by atoms with Gasteiger partial charge in [0.05, 0.1) is 6.10 Å². The highest BCUT2D eigenvalue weighted by molar-refractivity contribution is 6.31. The second-order valence-electron chi connectivity index (χ2n) is 7.20. The molecule has 1 heterocycles. The van der Waals surface area contributed by atoms with E-state index in [9.17, 15) is 4.79 Å². The first-order valence-electron chi connectivity index (χ1n) is 8.27. The van der Waals surface area contributed by atoms with Gasteiger partial charge in [0.25, 0.3) is 0 Å². The minimum atomic E-state index is -0.844. The van der Waals surface area contributed by atoms with Crippen molar-refractivity contribution in [2.45, 2.75) is 51.8 Å². The van der Waals surface area contributed by atoms with Crippen LogP contribution in [0.2, 0.25) is 5.02 Å². The minimum Gasteiger partial charge on any atom is -0.378 e. The zero-order valence-electron chi connectivity index (χ0n) is 14.1. The molecule has 2 aliphatic rings. The zero-order valence-corrected chi connectivity index (χ0v) is 14.8. The normalized spacial score (nSPS) is 28.9. The maximum absolute atomic E-state index is 13.1. The predicted molar refractivity (Wildman–Crippen MR) is 91.3 cm³/mol. The van der Waals surface area contributed by atoms with Crippen LogP contribution in [0, 0.1) is 5.41 Å². The Morgan fingerprint density at radius 1 is 1.48 bits per heavy atom. The van der Waals surface area contributed by atoms with Crippen molar-refractivity contribution in [3.63, 3.8) is 0 Å². The molecule has 1 aromatic carbocycles. The quantitative estimate of drug-likeness (QED) is 0.923.